The molecule has 1 amide bonds. The van der Waals surface area contributed by atoms with Crippen LogP contribution in [0, 0.1) is 5.41 Å². The minimum Gasteiger partial charge on any atom is -0.465 e. The van der Waals surface area contributed by atoms with Crippen LogP contribution >= 0.6 is 0 Å². The van der Waals surface area contributed by atoms with Crippen LogP contribution in [-0.2, 0) is 20.9 Å². The van der Waals surface area contributed by atoms with E-state index in [1.54, 1.807) is 0 Å². The molecule has 1 atom stereocenters. The fraction of sp³-hybridized carbons (Fsp3) is 0.611. The average Bonchev–Trinajstić information content (AvgIpc) is 2.86. The standard InChI is InChI=1S/C18H25F2N3O4/c1-17(2,3)6-14(24)23-8-13(18(19,20)10-23)27-9-12-5-11(16(25)26-4)7-22-15(12)21/h5,7,13H,6,8-10H2,1-4H3,(H2,21,22). The second-order valence-corrected chi connectivity index (χ2v) is 7.83. The van der Waals surface area contributed by atoms with Crippen LogP contribution in [0.2, 0.25) is 0 Å². The monoisotopic (exact) mass is 385 g/mol. The van der Waals surface area contributed by atoms with Crippen molar-refractivity contribution in [1.82, 2.24) is 9.88 Å². The van der Waals surface area contributed by atoms with Crippen LogP contribution in [0.25, 0.3) is 0 Å². The van der Waals surface area contributed by atoms with Gasteiger partial charge in [-0.05, 0) is 11.5 Å². The Morgan fingerprint density at radius 2 is 2.07 bits per heavy atom. The fourth-order valence-electron chi connectivity index (χ4n) is 2.74. The van der Waals surface area contributed by atoms with Gasteiger partial charge in [0.25, 0.3) is 5.92 Å². The molecule has 1 fully saturated rings. The summed E-state index contributed by atoms with van der Waals surface area (Å²) in [5.74, 6) is -4.05. The normalized spacial score (nSPS) is 19.2. The molecule has 1 aromatic heterocycles. The lowest BCUT2D eigenvalue weighted by Gasteiger charge is -2.22. The van der Waals surface area contributed by atoms with Crippen LogP contribution in [0.4, 0.5) is 14.6 Å². The maximum Gasteiger partial charge on any atom is 0.339 e. The maximum absolute atomic E-state index is 14.3. The molecule has 0 aromatic carbocycles. The number of hydrogen-bond acceptors (Lipinski definition) is 6. The molecule has 0 saturated carbocycles. The third-order valence-corrected chi connectivity index (χ3v) is 4.16. The molecule has 1 saturated heterocycles. The number of anilines is 1. The van der Waals surface area contributed by atoms with Gasteiger partial charge in [0.2, 0.25) is 5.91 Å². The summed E-state index contributed by atoms with van der Waals surface area (Å²) in [6, 6.07) is 1.39. The molecule has 7 nitrogen and oxygen atoms in total. The van der Waals surface area contributed by atoms with Gasteiger partial charge in [-0.2, -0.15) is 0 Å². The molecule has 150 valence electrons. The van der Waals surface area contributed by atoms with Crippen molar-refractivity contribution in [3.8, 4) is 0 Å². The number of alkyl halides is 2. The minimum absolute atomic E-state index is 0.0737. The summed E-state index contributed by atoms with van der Waals surface area (Å²) in [7, 11) is 1.22. The largest absolute Gasteiger partial charge is 0.465 e. The maximum atomic E-state index is 14.3. The number of methoxy groups -OCH3 is 1. The summed E-state index contributed by atoms with van der Waals surface area (Å²) >= 11 is 0. The Balaban J connectivity index is 2.05. The summed E-state index contributed by atoms with van der Waals surface area (Å²) in [5, 5.41) is 0. The van der Waals surface area contributed by atoms with Gasteiger partial charge in [-0.1, -0.05) is 20.8 Å². The van der Waals surface area contributed by atoms with E-state index < -0.39 is 24.5 Å². The molecule has 27 heavy (non-hydrogen) atoms. The van der Waals surface area contributed by atoms with Gasteiger partial charge in [-0.3, -0.25) is 4.79 Å². The first-order valence-corrected chi connectivity index (χ1v) is 8.53. The number of rotatable bonds is 5. The Hall–Kier alpha value is -2.29. The van der Waals surface area contributed by atoms with Gasteiger partial charge in [0.15, 0.2) is 0 Å². The third kappa shape index (κ3) is 5.35. The zero-order valence-corrected chi connectivity index (χ0v) is 15.9. The van der Waals surface area contributed by atoms with E-state index in [9.17, 15) is 18.4 Å². The number of hydrogen-bond donors (Lipinski definition) is 1. The Bertz CT molecular complexity index is 719. The second-order valence-electron chi connectivity index (χ2n) is 7.83. The number of ether oxygens (including phenoxy) is 2. The van der Waals surface area contributed by atoms with Gasteiger partial charge in [-0.25, -0.2) is 18.6 Å². The molecule has 1 aromatic rings. The van der Waals surface area contributed by atoms with E-state index in [0.717, 1.165) is 4.90 Å². The van der Waals surface area contributed by atoms with Crippen LogP contribution in [0.15, 0.2) is 12.3 Å². The molecule has 9 heteroatoms. The lowest BCUT2D eigenvalue weighted by Crippen LogP contribution is -2.34. The molecule has 1 unspecified atom stereocenters. The van der Waals surface area contributed by atoms with Crippen molar-refractivity contribution in [2.45, 2.75) is 45.8 Å². The highest BCUT2D eigenvalue weighted by atomic mass is 19.3. The highest BCUT2D eigenvalue weighted by Crippen LogP contribution is 2.32. The van der Waals surface area contributed by atoms with E-state index in [1.807, 2.05) is 20.8 Å². The molecule has 1 aliphatic rings. The molecule has 0 bridgehead atoms. The van der Waals surface area contributed by atoms with Crippen molar-refractivity contribution < 1.29 is 27.8 Å². The van der Waals surface area contributed by atoms with Gasteiger partial charge < -0.3 is 20.1 Å². The van der Waals surface area contributed by atoms with Crippen LogP contribution in [-0.4, -0.2) is 54.0 Å². The number of nitrogens with zero attached hydrogens (tertiary/aromatic N) is 2. The number of carbonyl (C=O) groups is 2. The number of nitrogens with two attached hydrogens (primary N) is 1. The molecule has 2 heterocycles. The SMILES string of the molecule is COC(=O)c1cnc(N)c(COC2CN(C(=O)CC(C)(C)C)CC2(F)F)c1. The van der Waals surface area contributed by atoms with Crippen LogP contribution in [0.1, 0.15) is 43.1 Å². The number of halogens is 2. The Kier molecular flexibility index (Phi) is 6.04. The molecule has 0 spiro atoms. The predicted molar refractivity (Wildman–Crippen MR) is 94.2 cm³/mol. The lowest BCUT2D eigenvalue weighted by molar-refractivity contribution is -0.133. The summed E-state index contributed by atoms with van der Waals surface area (Å²) in [6.07, 6.45) is -0.0436. The van der Waals surface area contributed by atoms with E-state index >= 15 is 0 Å². The predicted octanol–water partition coefficient (Wildman–Crippen LogP) is 2.25. The van der Waals surface area contributed by atoms with E-state index in [2.05, 4.69) is 9.72 Å². The van der Waals surface area contributed by atoms with Gasteiger partial charge in [0.05, 0.1) is 32.4 Å². The molecule has 0 aliphatic carbocycles. The average molecular weight is 385 g/mol. The molecule has 2 N–H and O–H groups in total. The summed E-state index contributed by atoms with van der Waals surface area (Å²) < 4.78 is 38.5. The first kappa shape index (κ1) is 21.0. The highest BCUT2D eigenvalue weighted by Gasteiger charge is 2.50. The Labute approximate surface area is 156 Å². The topological polar surface area (TPSA) is 94.8 Å². The number of nitrogen functional groups attached to an aromatic ring is 1. The van der Waals surface area contributed by atoms with E-state index in [1.165, 1.54) is 19.4 Å². The van der Waals surface area contributed by atoms with Crippen molar-refractivity contribution in [1.29, 1.82) is 0 Å². The number of esters is 1. The Morgan fingerprint density at radius 3 is 2.67 bits per heavy atom. The number of carbonyl (C=O) groups excluding carboxylic acids is 2. The van der Waals surface area contributed by atoms with Gasteiger partial charge in [-0.15, -0.1) is 0 Å². The quantitative estimate of drug-likeness (QED) is 0.781. The minimum atomic E-state index is -3.17. The highest BCUT2D eigenvalue weighted by molar-refractivity contribution is 5.89. The zero-order chi connectivity index (χ0) is 20.4. The van der Waals surface area contributed by atoms with Crippen LogP contribution in [0.3, 0.4) is 0 Å². The van der Waals surface area contributed by atoms with Crippen molar-refractivity contribution >= 4 is 17.7 Å². The summed E-state index contributed by atoms with van der Waals surface area (Å²) in [4.78, 5) is 28.8. The van der Waals surface area contributed by atoms with E-state index in [0.29, 0.717) is 5.56 Å². The smallest absolute Gasteiger partial charge is 0.339 e. The lowest BCUT2D eigenvalue weighted by atomic mass is 9.92. The van der Waals surface area contributed by atoms with Gasteiger partial charge in [0.1, 0.15) is 11.9 Å². The summed E-state index contributed by atoms with van der Waals surface area (Å²) in [5.41, 5.74) is 5.88. The molecule has 2 rings (SSSR count). The number of pyridine rings is 1. The first-order chi connectivity index (χ1) is 12.4. The first-order valence-electron chi connectivity index (χ1n) is 8.53. The van der Waals surface area contributed by atoms with E-state index in [-0.39, 0.29) is 42.3 Å². The number of likely N-dealkylation sites (tertiary alicyclic amines) is 1. The number of aromatic nitrogens is 1. The molecule has 0 radical (unpaired) electrons. The van der Waals surface area contributed by atoms with Crippen molar-refractivity contribution in [3.05, 3.63) is 23.4 Å². The molecule has 1 aliphatic heterocycles. The molecular weight excluding hydrogens is 360 g/mol. The van der Waals surface area contributed by atoms with Gasteiger partial charge >= 0.3 is 5.97 Å². The third-order valence-electron chi connectivity index (χ3n) is 4.16. The second kappa shape index (κ2) is 7.75. The van der Waals surface area contributed by atoms with Crippen molar-refractivity contribution in [3.63, 3.8) is 0 Å². The van der Waals surface area contributed by atoms with Crippen LogP contribution in [0.5, 0.6) is 0 Å². The van der Waals surface area contributed by atoms with Crippen molar-refractivity contribution in [2.24, 2.45) is 5.41 Å². The van der Waals surface area contributed by atoms with E-state index in [4.69, 9.17) is 10.5 Å². The Morgan fingerprint density at radius 1 is 1.41 bits per heavy atom. The van der Waals surface area contributed by atoms with Crippen molar-refractivity contribution in [2.75, 3.05) is 25.9 Å². The van der Waals surface area contributed by atoms with Gasteiger partial charge in [0, 0.05) is 18.2 Å². The zero-order valence-electron chi connectivity index (χ0n) is 15.9. The van der Waals surface area contributed by atoms with Crippen LogP contribution < -0.4 is 5.73 Å². The molecular formula is C18H25F2N3O4. The number of amides is 1. The summed E-state index contributed by atoms with van der Waals surface area (Å²) in [6.45, 7) is 4.48. The fourth-order valence-corrected chi connectivity index (χ4v) is 2.74.